The van der Waals surface area contributed by atoms with E-state index >= 15 is 0 Å². The van der Waals surface area contributed by atoms with E-state index in [1.807, 2.05) is 0 Å². The number of quaternary nitrogens is 1. The minimum atomic E-state index is 1.37. The van der Waals surface area contributed by atoms with E-state index in [-0.39, 0.29) is 0 Å². The molecule has 0 spiro atoms. The van der Waals surface area contributed by atoms with Gasteiger partial charge in [-0.05, 0) is 25.7 Å². The molecule has 1 aliphatic rings. The fraction of sp³-hybridized carbons (Fsp3) is 1.00. The predicted molar refractivity (Wildman–Crippen MR) is 160 cm³/mol. The molecule has 1 heterocycles. The molecule has 1 aliphatic heterocycles. The first-order valence-electron chi connectivity index (χ1n) is 17.2. The Morgan fingerprint density at radius 2 is 0.543 bits per heavy atom. The van der Waals surface area contributed by atoms with E-state index in [4.69, 9.17) is 0 Å². The SMILES string of the molecule is CCCCCCCCCCCCCCCCC[N+]1(CCCCCCCCCCCCC)CCCC1. The van der Waals surface area contributed by atoms with Crippen LogP contribution >= 0.6 is 0 Å². The van der Waals surface area contributed by atoms with E-state index in [1.165, 1.54) is 210 Å². The zero-order valence-corrected chi connectivity index (χ0v) is 25.1. The number of likely N-dealkylation sites (tertiary alicyclic amines) is 1. The lowest BCUT2D eigenvalue weighted by Gasteiger charge is -2.34. The molecule has 0 aromatic heterocycles. The third-order valence-electron chi connectivity index (χ3n) is 8.99. The van der Waals surface area contributed by atoms with Gasteiger partial charge >= 0.3 is 0 Å². The second-order valence-electron chi connectivity index (χ2n) is 12.4. The second-order valence-corrected chi connectivity index (χ2v) is 12.4. The maximum Gasteiger partial charge on any atom is 0.0788 e. The fourth-order valence-electron chi connectivity index (χ4n) is 6.50. The van der Waals surface area contributed by atoms with Gasteiger partial charge in [-0.2, -0.15) is 0 Å². The zero-order chi connectivity index (χ0) is 25.1. The summed E-state index contributed by atoms with van der Waals surface area (Å²) in [5, 5.41) is 0. The number of hydrogen-bond acceptors (Lipinski definition) is 0. The summed E-state index contributed by atoms with van der Waals surface area (Å²) in [5.41, 5.74) is 0. The Morgan fingerprint density at radius 3 is 0.800 bits per heavy atom. The Hall–Kier alpha value is -0.0400. The number of rotatable bonds is 28. The molecule has 0 aliphatic carbocycles. The molecule has 0 aromatic rings. The molecular weight excluding hydrogens is 422 g/mol. The van der Waals surface area contributed by atoms with Crippen molar-refractivity contribution in [3.05, 3.63) is 0 Å². The van der Waals surface area contributed by atoms with E-state index in [0.717, 1.165) is 0 Å². The average Bonchev–Trinajstić information content (AvgIpc) is 3.34. The largest absolute Gasteiger partial charge is 0.324 e. The Kier molecular flexibility index (Phi) is 24.1. The molecule has 1 rings (SSSR count). The van der Waals surface area contributed by atoms with Gasteiger partial charge in [0.25, 0.3) is 0 Å². The van der Waals surface area contributed by atoms with Gasteiger partial charge in [0.1, 0.15) is 0 Å². The highest BCUT2D eigenvalue weighted by molar-refractivity contribution is 4.58. The average molecular weight is 493 g/mol. The van der Waals surface area contributed by atoms with Gasteiger partial charge in [0, 0.05) is 12.8 Å². The van der Waals surface area contributed by atoms with Crippen molar-refractivity contribution < 1.29 is 4.48 Å². The first-order chi connectivity index (χ1) is 17.3. The molecule has 1 saturated heterocycles. The molecule has 0 aromatic carbocycles. The van der Waals surface area contributed by atoms with Gasteiger partial charge in [0.2, 0.25) is 0 Å². The van der Waals surface area contributed by atoms with Crippen LogP contribution in [-0.2, 0) is 0 Å². The van der Waals surface area contributed by atoms with Gasteiger partial charge in [-0.25, -0.2) is 0 Å². The summed E-state index contributed by atoms with van der Waals surface area (Å²) < 4.78 is 1.50. The predicted octanol–water partition coefficient (Wildman–Crippen LogP) is 11.8. The lowest BCUT2D eigenvalue weighted by atomic mass is 10.0. The molecule has 0 atom stereocenters. The number of nitrogens with zero attached hydrogens (tertiary/aromatic N) is 1. The molecule has 0 unspecified atom stereocenters. The molecule has 1 nitrogen and oxygen atoms in total. The van der Waals surface area contributed by atoms with Crippen LogP contribution in [-0.4, -0.2) is 30.7 Å². The molecule has 0 amide bonds. The van der Waals surface area contributed by atoms with Crippen molar-refractivity contribution in [1.29, 1.82) is 0 Å². The Bertz CT molecular complexity index is 397. The standard InChI is InChI=1S/C34H70N/c1-3-5-7-9-11-13-15-16-17-18-20-22-24-26-28-32-35(33-29-30-34-35)31-27-25-23-21-19-14-12-10-8-6-4-2/h3-34H2,1-2H3/q+1. The molecular formula is C34H70N+. The number of hydrogen-bond donors (Lipinski definition) is 0. The summed E-state index contributed by atoms with van der Waals surface area (Å²) >= 11 is 0. The Balaban J connectivity index is 1.88. The van der Waals surface area contributed by atoms with Gasteiger partial charge in [-0.3, -0.25) is 0 Å². The summed E-state index contributed by atoms with van der Waals surface area (Å²) in [5.74, 6) is 0. The van der Waals surface area contributed by atoms with Crippen molar-refractivity contribution in [3.8, 4) is 0 Å². The van der Waals surface area contributed by atoms with Gasteiger partial charge in [-0.1, -0.05) is 155 Å². The van der Waals surface area contributed by atoms with Crippen LogP contribution < -0.4 is 0 Å². The van der Waals surface area contributed by atoms with Crippen molar-refractivity contribution in [2.24, 2.45) is 0 Å². The third-order valence-corrected chi connectivity index (χ3v) is 8.99. The Morgan fingerprint density at radius 1 is 0.314 bits per heavy atom. The molecule has 0 bridgehead atoms. The summed E-state index contributed by atoms with van der Waals surface area (Å²) in [6.07, 6.45) is 41.4. The van der Waals surface area contributed by atoms with Crippen molar-refractivity contribution in [2.75, 3.05) is 26.2 Å². The molecule has 0 saturated carbocycles. The molecule has 0 radical (unpaired) electrons. The van der Waals surface area contributed by atoms with Crippen LogP contribution in [0, 0.1) is 0 Å². The lowest BCUT2D eigenvalue weighted by molar-refractivity contribution is -0.917. The summed E-state index contributed by atoms with van der Waals surface area (Å²) in [7, 11) is 0. The molecule has 1 fully saturated rings. The minimum Gasteiger partial charge on any atom is -0.324 e. The van der Waals surface area contributed by atoms with E-state index < -0.39 is 0 Å². The van der Waals surface area contributed by atoms with Gasteiger partial charge < -0.3 is 4.48 Å². The normalized spacial score (nSPS) is 15.3. The third kappa shape index (κ3) is 20.7. The van der Waals surface area contributed by atoms with Crippen LogP contribution in [0.3, 0.4) is 0 Å². The Labute approximate surface area is 224 Å². The van der Waals surface area contributed by atoms with Crippen molar-refractivity contribution in [1.82, 2.24) is 0 Å². The van der Waals surface area contributed by atoms with Crippen molar-refractivity contribution in [3.63, 3.8) is 0 Å². The monoisotopic (exact) mass is 493 g/mol. The van der Waals surface area contributed by atoms with Crippen LogP contribution in [0.4, 0.5) is 0 Å². The first-order valence-corrected chi connectivity index (χ1v) is 17.2. The topological polar surface area (TPSA) is 0 Å². The van der Waals surface area contributed by atoms with Crippen LogP contribution in [0.1, 0.15) is 194 Å². The van der Waals surface area contributed by atoms with Crippen LogP contribution in [0.25, 0.3) is 0 Å². The summed E-state index contributed by atoms with van der Waals surface area (Å²) in [4.78, 5) is 0. The zero-order valence-electron chi connectivity index (χ0n) is 25.1. The van der Waals surface area contributed by atoms with Crippen molar-refractivity contribution >= 4 is 0 Å². The van der Waals surface area contributed by atoms with Crippen LogP contribution in [0.5, 0.6) is 0 Å². The molecule has 210 valence electrons. The van der Waals surface area contributed by atoms with Crippen LogP contribution in [0.15, 0.2) is 0 Å². The van der Waals surface area contributed by atoms with Gasteiger partial charge in [0.15, 0.2) is 0 Å². The molecule has 35 heavy (non-hydrogen) atoms. The van der Waals surface area contributed by atoms with Gasteiger partial charge in [0.05, 0.1) is 26.2 Å². The highest BCUT2D eigenvalue weighted by atomic mass is 15.4. The van der Waals surface area contributed by atoms with E-state index in [2.05, 4.69) is 13.8 Å². The van der Waals surface area contributed by atoms with Crippen LogP contribution in [0.2, 0.25) is 0 Å². The fourth-order valence-corrected chi connectivity index (χ4v) is 6.50. The van der Waals surface area contributed by atoms with Crippen molar-refractivity contribution in [2.45, 2.75) is 194 Å². The second kappa shape index (κ2) is 25.6. The first kappa shape index (κ1) is 33.0. The summed E-state index contributed by atoms with van der Waals surface area (Å²) in [6.45, 7) is 10.6. The quantitative estimate of drug-likeness (QED) is 0.0752. The van der Waals surface area contributed by atoms with E-state index in [0.29, 0.717) is 0 Å². The lowest BCUT2D eigenvalue weighted by Crippen LogP contribution is -2.46. The molecule has 0 N–H and O–H groups in total. The number of unbranched alkanes of at least 4 members (excludes halogenated alkanes) is 24. The maximum absolute atomic E-state index is 2.31. The van der Waals surface area contributed by atoms with Gasteiger partial charge in [-0.15, -0.1) is 0 Å². The highest BCUT2D eigenvalue weighted by Gasteiger charge is 2.30. The minimum absolute atomic E-state index is 1.37. The summed E-state index contributed by atoms with van der Waals surface area (Å²) in [6, 6.07) is 0. The smallest absolute Gasteiger partial charge is 0.0788 e. The molecule has 1 heteroatoms. The van der Waals surface area contributed by atoms with E-state index in [1.54, 1.807) is 0 Å². The maximum atomic E-state index is 2.31. The van der Waals surface area contributed by atoms with E-state index in [9.17, 15) is 0 Å². The highest BCUT2D eigenvalue weighted by Crippen LogP contribution is 2.23.